The number of allylic oxidation sites excluding steroid dienone is 1. The molecule has 100 valence electrons. The molecule has 2 aliphatic rings. The standard InChI is InChI=1S/C12H16FNO4/c1-3-8-10(17)12(2,13)11(18-8)14-5-4-7(15)6-9(14)16/h4-5,8,10-11,17H,3,6H2,1-2H3/t8-,10-,11-,12-/m1/s1. The maximum atomic E-state index is 14.5. The van der Waals surface area contributed by atoms with Crippen molar-refractivity contribution in [2.24, 2.45) is 0 Å². The quantitative estimate of drug-likeness (QED) is 0.733. The summed E-state index contributed by atoms with van der Waals surface area (Å²) in [5, 5.41) is 9.83. The number of aliphatic hydroxyl groups is 1. The van der Waals surface area contributed by atoms with E-state index in [9.17, 15) is 19.1 Å². The maximum absolute atomic E-state index is 14.5. The highest BCUT2D eigenvalue weighted by molar-refractivity contribution is 6.06. The Hall–Kier alpha value is -1.27. The lowest BCUT2D eigenvalue weighted by molar-refractivity contribution is -0.150. The number of carbonyl (C=O) groups excluding carboxylic acids is 2. The van der Waals surface area contributed by atoms with Gasteiger partial charge in [0.05, 0.1) is 12.5 Å². The number of hydrogen-bond donors (Lipinski definition) is 1. The number of amides is 1. The Balaban J connectivity index is 2.26. The first-order valence-electron chi connectivity index (χ1n) is 5.92. The third-order valence-corrected chi connectivity index (χ3v) is 3.41. The van der Waals surface area contributed by atoms with E-state index < -0.39 is 30.0 Å². The highest BCUT2D eigenvalue weighted by Crippen LogP contribution is 2.38. The number of rotatable bonds is 2. The fraction of sp³-hybridized carbons (Fsp3) is 0.667. The predicted molar refractivity (Wildman–Crippen MR) is 60.1 cm³/mol. The van der Waals surface area contributed by atoms with Crippen molar-refractivity contribution in [3.63, 3.8) is 0 Å². The molecule has 0 bridgehead atoms. The van der Waals surface area contributed by atoms with E-state index >= 15 is 0 Å². The number of hydrogen-bond acceptors (Lipinski definition) is 4. The van der Waals surface area contributed by atoms with Crippen LogP contribution in [0.4, 0.5) is 4.39 Å². The van der Waals surface area contributed by atoms with Crippen LogP contribution in [-0.2, 0) is 14.3 Å². The number of halogens is 1. The first-order valence-corrected chi connectivity index (χ1v) is 5.92. The third-order valence-electron chi connectivity index (χ3n) is 3.41. The summed E-state index contributed by atoms with van der Waals surface area (Å²) in [6.07, 6.45) is -0.529. The molecule has 6 heteroatoms. The largest absolute Gasteiger partial charge is 0.387 e. The molecule has 1 N–H and O–H groups in total. The average molecular weight is 257 g/mol. The van der Waals surface area contributed by atoms with Crippen LogP contribution in [0.1, 0.15) is 26.7 Å². The molecule has 0 radical (unpaired) electrons. The van der Waals surface area contributed by atoms with Gasteiger partial charge in [0, 0.05) is 6.20 Å². The number of carbonyl (C=O) groups is 2. The second-order valence-electron chi connectivity index (χ2n) is 4.79. The molecule has 0 aromatic rings. The molecule has 1 amide bonds. The fourth-order valence-corrected chi connectivity index (χ4v) is 2.29. The van der Waals surface area contributed by atoms with Crippen molar-refractivity contribution in [3.8, 4) is 0 Å². The highest BCUT2D eigenvalue weighted by Gasteiger charge is 2.56. The van der Waals surface area contributed by atoms with Crippen LogP contribution in [0.2, 0.25) is 0 Å². The van der Waals surface area contributed by atoms with Crippen molar-refractivity contribution >= 4 is 11.7 Å². The SMILES string of the molecule is CC[C@H]1O[C@@H](N2C=CC(=O)CC2=O)[C@](C)(F)[C@@H]1O. The van der Waals surface area contributed by atoms with Crippen LogP contribution in [0.15, 0.2) is 12.3 Å². The van der Waals surface area contributed by atoms with E-state index in [-0.39, 0.29) is 12.2 Å². The lowest BCUT2D eigenvalue weighted by Crippen LogP contribution is -2.51. The minimum absolute atomic E-state index is 0.292. The van der Waals surface area contributed by atoms with E-state index in [2.05, 4.69) is 0 Å². The Kier molecular flexibility index (Phi) is 3.25. The summed E-state index contributed by atoms with van der Waals surface area (Å²) < 4.78 is 19.9. The van der Waals surface area contributed by atoms with Crippen LogP contribution in [0, 0.1) is 0 Å². The van der Waals surface area contributed by atoms with Crippen molar-refractivity contribution in [1.82, 2.24) is 4.90 Å². The fourth-order valence-electron chi connectivity index (χ4n) is 2.29. The zero-order valence-corrected chi connectivity index (χ0v) is 10.3. The molecule has 2 aliphatic heterocycles. The summed E-state index contributed by atoms with van der Waals surface area (Å²) in [5.41, 5.74) is -2.05. The van der Waals surface area contributed by atoms with E-state index in [0.29, 0.717) is 6.42 Å². The second-order valence-corrected chi connectivity index (χ2v) is 4.79. The van der Waals surface area contributed by atoms with E-state index in [4.69, 9.17) is 4.74 Å². The number of ether oxygens (including phenoxy) is 1. The van der Waals surface area contributed by atoms with Crippen LogP contribution in [0.3, 0.4) is 0 Å². The predicted octanol–water partition coefficient (Wildman–Crippen LogP) is 0.525. The molecule has 0 aromatic heterocycles. The van der Waals surface area contributed by atoms with Gasteiger partial charge < -0.3 is 9.84 Å². The Bertz CT molecular complexity index is 407. The van der Waals surface area contributed by atoms with Gasteiger partial charge in [-0.2, -0.15) is 0 Å². The van der Waals surface area contributed by atoms with E-state index in [1.54, 1.807) is 6.92 Å². The van der Waals surface area contributed by atoms with Crippen molar-refractivity contribution in [3.05, 3.63) is 12.3 Å². The van der Waals surface area contributed by atoms with Crippen molar-refractivity contribution in [1.29, 1.82) is 0 Å². The van der Waals surface area contributed by atoms with Crippen LogP contribution in [-0.4, -0.2) is 45.8 Å². The Morgan fingerprint density at radius 3 is 2.78 bits per heavy atom. The van der Waals surface area contributed by atoms with Crippen molar-refractivity contribution < 1.29 is 23.8 Å². The first kappa shape index (κ1) is 13.2. The maximum Gasteiger partial charge on any atom is 0.236 e. The first-order chi connectivity index (χ1) is 8.37. The molecule has 2 heterocycles. The van der Waals surface area contributed by atoms with Crippen molar-refractivity contribution in [2.45, 2.75) is 50.8 Å². The number of aliphatic hydroxyl groups excluding tert-OH is 1. The smallest absolute Gasteiger partial charge is 0.236 e. The van der Waals surface area contributed by atoms with Gasteiger partial charge in [-0.15, -0.1) is 0 Å². The molecule has 0 aliphatic carbocycles. The van der Waals surface area contributed by atoms with Crippen LogP contribution in [0.25, 0.3) is 0 Å². The van der Waals surface area contributed by atoms with E-state index in [1.807, 2.05) is 0 Å². The van der Waals surface area contributed by atoms with Crippen molar-refractivity contribution in [2.75, 3.05) is 0 Å². The molecule has 0 aromatic carbocycles. The molecule has 18 heavy (non-hydrogen) atoms. The molecule has 5 nitrogen and oxygen atoms in total. The summed E-state index contributed by atoms with van der Waals surface area (Å²) >= 11 is 0. The summed E-state index contributed by atoms with van der Waals surface area (Å²) in [4.78, 5) is 23.8. The van der Waals surface area contributed by atoms with E-state index in [0.717, 1.165) is 4.90 Å². The average Bonchev–Trinajstić information content (AvgIpc) is 2.52. The van der Waals surface area contributed by atoms with Gasteiger partial charge in [0.1, 0.15) is 6.10 Å². The molecule has 4 atom stereocenters. The molecule has 2 rings (SSSR count). The molecule has 1 saturated heterocycles. The highest BCUT2D eigenvalue weighted by atomic mass is 19.1. The zero-order chi connectivity index (χ0) is 13.5. The molecule has 0 spiro atoms. The van der Waals surface area contributed by atoms with Gasteiger partial charge in [0.15, 0.2) is 17.7 Å². The Morgan fingerprint density at radius 2 is 2.28 bits per heavy atom. The Labute approximate surface area is 104 Å². The topological polar surface area (TPSA) is 66.8 Å². The van der Waals surface area contributed by atoms with Gasteiger partial charge in [0.25, 0.3) is 0 Å². The van der Waals surface area contributed by atoms with Crippen LogP contribution in [0.5, 0.6) is 0 Å². The number of alkyl halides is 1. The van der Waals surface area contributed by atoms with Crippen LogP contribution < -0.4 is 0 Å². The second kappa shape index (κ2) is 4.44. The molecule has 1 fully saturated rings. The molecule has 0 saturated carbocycles. The number of nitrogens with zero attached hydrogens (tertiary/aromatic N) is 1. The minimum Gasteiger partial charge on any atom is -0.387 e. The lowest BCUT2D eigenvalue weighted by atomic mass is 9.96. The van der Waals surface area contributed by atoms with Gasteiger partial charge in [-0.25, -0.2) is 4.39 Å². The van der Waals surface area contributed by atoms with Gasteiger partial charge >= 0.3 is 0 Å². The number of ketones is 1. The van der Waals surface area contributed by atoms with Gasteiger partial charge in [0.2, 0.25) is 5.91 Å². The third kappa shape index (κ3) is 1.95. The van der Waals surface area contributed by atoms with Gasteiger partial charge in [-0.05, 0) is 19.4 Å². The van der Waals surface area contributed by atoms with Gasteiger partial charge in [-0.1, -0.05) is 6.92 Å². The summed E-state index contributed by atoms with van der Waals surface area (Å²) in [6.45, 7) is 2.97. The van der Waals surface area contributed by atoms with E-state index in [1.165, 1.54) is 19.2 Å². The molecular weight excluding hydrogens is 241 g/mol. The zero-order valence-electron chi connectivity index (χ0n) is 10.3. The molecular formula is C12H16FNO4. The monoisotopic (exact) mass is 257 g/mol. The summed E-state index contributed by atoms with van der Waals surface area (Å²) in [5.74, 6) is -0.831. The minimum atomic E-state index is -2.05. The van der Waals surface area contributed by atoms with Gasteiger partial charge in [-0.3, -0.25) is 14.5 Å². The summed E-state index contributed by atoms with van der Waals surface area (Å²) in [6, 6.07) is 0. The molecule has 0 unspecified atom stereocenters. The lowest BCUT2D eigenvalue weighted by Gasteiger charge is -2.33. The summed E-state index contributed by atoms with van der Waals surface area (Å²) in [7, 11) is 0. The Morgan fingerprint density at radius 1 is 1.61 bits per heavy atom. The normalized spacial score (nSPS) is 40.7. The van der Waals surface area contributed by atoms with Crippen LogP contribution >= 0.6 is 0 Å².